The van der Waals surface area contributed by atoms with Crippen LogP contribution in [-0.2, 0) is 4.79 Å². The fourth-order valence-electron chi connectivity index (χ4n) is 3.55. The van der Waals surface area contributed by atoms with Crippen LogP contribution in [0.4, 0.5) is 5.69 Å². The molecule has 3 rings (SSSR count). The van der Waals surface area contributed by atoms with Crippen molar-refractivity contribution in [1.29, 1.82) is 0 Å². The number of alkyl halides is 1. The van der Waals surface area contributed by atoms with Crippen LogP contribution in [0.25, 0.3) is 0 Å². The van der Waals surface area contributed by atoms with Crippen LogP contribution in [0.1, 0.15) is 43.5 Å². The first-order valence-corrected chi connectivity index (χ1v) is 7.66. The largest absolute Gasteiger partial charge is 0.326 e. The molecular formula is C16H20ClNO. The molecule has 3 unspecified atom stereocenters. The number of rotatable bonds is 3. The van der Waals surface area contributed by atoms with E-state index in [9.17, 15) is 4.79 Å². The summed E-state index contributed by atoms with van der Waals surface area (Å²) in [4.78, 5) is 12.4. The lowest BCUT2D eigenvalue weighted by molar-refractivity contribution is -0.117. The molecule has 2 saturated carbocycles. The highest BCUT2D eigenvalue weighted by Gasteiger charge is 2.54. The number of hydrogen-bond donors (Lipinski definition) is 1. The van der Waals surface area contributed by atoms with Crippen LogP contribution in [0.3, 0.4) is 0 Å². The molecular weight excluding hydrogens is 258 g/mol. The van der Waals surface area contributed by atoms with Crippen molar-refractivity contribution in [2.45, 2.75) is 38.0 Å². The molecule has 0 radical (unpaired) electrons. The van der Waals surface area contributed by atoms with Crippen LogP contribution in [0.15, 0.2) is 24.3 Å². The van der Waals surface area contributed by atoms with Crippen molar-refractivity contribution in [1.82, 2.24) is 0 Å². The maximum absolute atomic E-state index is 12.4. The number of benzene rings is 1. The third kappa shape index (κ3) is 2.51. The predicted octanol–water partition coefficient (Wildman–Crippen LogP) is 4.36. The van der Waals surface area contributed by atoms with Crippen molar-refractivity contribution in [3.63, 3.8) is 0 Å². The number of nitrogens with one attached hydrogen (secondary N) is 1. The van der Waals surface area contributed by atoms with Crippen molar-refractivity contribution in [2.24, 2.45) is 17.8 Å². The van der Waals surface area contributed by atoms with Gasteiger partial charge in [-0.3, -0.25) is 4.79 Å². The van der Waals surface area contributed by atoms with E-state index in [4.69, 9.17) is 11.6 Å². The van der Waals surface area contributed by atoms with E-state index in [0.717, 1.165) is 11.3 Å². The van der Waals surface area contributed by atoms with E-state index in [1.165, 1.54) is 25.7 Å². The standard InChI is InChI=1S/C16H20ClNO/c1-10(17)11-6-4-5-9-14(11)18-16(19)15-12-7-2-3-8-13(12)15/h4-6,9-10,12-13,15H,2-3,7-8H2,1H3,(H,18,19). The number of fused-ring (bicyclic) bond motifs is 1. The third-order valence-electron chi connectivity index (χ3n) is 4.61. The highest BCUT2D eigenvalue weighted by Crippen LogP contribution is 2.55. The molecule has 2 nitrogen and oxygen atoms in total. The summed E-state index contributed by atoms with van der Waals surface area (Å²) in [6.45, 7) is 1.93. The smallest absolute Gasteiger partial charge is 0.228 e. The SMILES string of the molecule is CC(Cl)c1ccccc1NC(=O)C1C2CCCCC21. The highest BCUT2D eigenvalue weighted by molar-refractivity contribution is 6.21. The molecule has 1 aromatic rings. The number of amides is 1. The van der Waals surface area contributed by atoms with Gasteiger partial charge in [-0.15, -0.1) is 11.6 Å². The number of para-hydroxylation sites is 1. The highest BCUT2D eigenvalue weighted by atomic mass is 35.5. The second-order valence-corrected chi connectivity index (χ2v) is 6.49. The molecule has 3 atom stereocenters. The summed E-state index contributed by atoms with van der Waals surface area (Å²) in [7, 11) is 0. The Morgan fingerprint density at radius 3 is 2.53 bits per heavy atom. The Hall–Kier alpha value is -1.02. The Bertz CT molecular complexity index is 473. The minimum atomic E-state index is -0.0852. The van der Waals surface area contributed by atoms with Crippen LogP contribution in [0.5, 0.6) is 0 Å². The number of carbonyl (C=O) groups excluding carboxylic acids is 1. The summed E-state index contributed by atoms with van der Waals surface area (Å²) in [6, 6.07) is 7.82. The van der Waals surface area contributed by atoms with Gasteiger partial charge in [-0.25, -0.2) is 0 Å². The Balaban J connectivity index is 1.70. The van der Waals surface area contributed by atoms with Crippen molar-refractivity contribution in [3.8, 4) is 0 Å². The summed E-state index contributed by atoms with van der Waals surface area (Å²) in [5, 5.41) is 3.00. The topological polar surface area (TPSA) is 29.1 Å². The number of anilines is 1. The zero-order valence-electron chi connectivity index (χ0n) is 11.2. The molecule has 1 amide bonds. The second kappa shape index (κ2) is 5.16. The minimum absolute atomic E-state index is 0.0852. The zero-order chi connectivity index (χ0) is 13.4. The van der Waals surface area contributed by atoms with Gasteiger partial charge in [0.15, 0.2) is 0 Å². The number of hydrogen-bond acceptors (Lipinski definition) is 1. The summed E-state index contributed by atoms with van der Waals surface area (Å²) in [5.74, 6) is 1.74. The van der Waals surface area contributed by atoms with E-state index < -0.39 is 0 Å². The van der Waals surface area contributed by atoms with Gasteiger partial charge < -0.3 is 5.32 Å². The fraction of sp³-hybridized carbons (Fsp3) is 0.562. The Labute approximate surface area is 119 Å². The lowest BCUT2D eigenvalue weighted by Crippen LogP contribution is -2.16. The second-order valence-electron chi connectivity index (χ2n) is 5.83. The maximum Gasteiger partial charge on any atom is 0.228 e. The number of carbonyl (C=O) groups is 1. The first-order valence-electron chi connectivity index (χ1n) is 7.22. The van der Waals surface area contributed by atoms with Crippen LogP contribution in [0.2, 0.25) is 0 Å². The van der Waals surface area contributed by atoms with E-state index in [-0.39, 0.29) is 17.2 Å². The lowest BCUT2D eigenvalue weighted by Gasteiger charge is -2.12. The predicted molar refractivity (Wildman–Crippen MR) is 78.3 cm³/mol. The van der Waals surface area contributed by atoms with E-state index in [1.54, 1.807) is 0 Å². The van der Waals surface area contributed by atoms with Gasteiger partial charge in [0.25, 0.3) is 0 Å². The zero-order valence-corrected chi connectivity index (χ0v) is 12.0. The van der Waals surface area contributed by atoms with Gasteiger partial charge in [0.1, 0.15) is 0 Å². The van der Waals surface area contributed by atoms with Crippen molar-refractivity contribution in [2.75, 3.05) is 5.32 Å². The van der Waals surface area contributed by atoms with E-state index in [2.05, 4.69) is 5.32 Å². The van der Waals surface area contributed by atoms with Gasteiger partial charge in [-0.05, 0) is 43.2 Å². The van der Waals surface area contributed by atoms with Crippen molar-refractivity contribution in [3.05, 3.63) is 29.8 Å². The van der Waals surface area contributed by atoms with E-state index in [0.29, 0.717) is 11.8 Å². The van der Waals surface area contributed by atoms with Crippen LogP contribution in [-0.4, -0.2) is 5.91 Å². The van der Waals surface area contributed by atoms with Gasteiger partial charge in [0.2, 0.25) is 5.91 Å². The average Bonchev–Trinajstić information content (AvgIpc) is 3.13. The summed E-state index contributed by atoms with van der Waals surface area (Å²) >= 11 is 6.16. The molecule has 0 aromatic heterocycles. The molecule has 3 heteroatoms. The fourth-order valence-corrected chi connectivity index (χ4v) is 3.75. The van der Waals surface area contributed by atoms with Gasteiger partial charge >= 0.3 is 0 Å². The van der Waals surface area contributed by atoms with Crippen molar-refractivity contribution < 1.29 is 4.79 Å². The van der Waals surface area contributed by atoms with Crippen LogP contribution in [0, 0.1) is 17.8 Å². The monoisotopic (exact) mass is 277 g/mol. The molecule has 19 heavy (non-hydrogen) atoms. The normalized spacial score (nSPS) is 30.3. The summed E-state index contributed by atoms with van der Waals surface area (Å²) < 4.78 is 0. The first-order chi connectivity index (χ1) is 9.18. The summed E-state index contributed by atoms with van der Waals surface area (Å²) in [5.41, 5.74) is 1.87. The molecule has 1 N–H and O–H groups in total. The molecule has 1 aromatic carbocycles. The van der Waals surface area contributed by atoms with E-state index in [1.807, 2.05) is 31.2 Å². The first kappa shape index (κ1) is 13.0. The Morgan fingerprint density at radius 2 is 1.89 bits per heavy atom. The molecule has 2 aliphatic rings. The molecule has 0 spiro atoms. The van der Waals surface area contributed by atoms with Gasteiger partial charge in [0, 0.05) is 11.6 Å². The van der Waals surface area contributed by atoms with Gasteiger partial charge in [0.05, 0.1) is 5.38 Å². The molecule has 2 fully saturated rings. The maximum atomic E-state index is 12.4. The molecule has 0 saturated heterocycles. The molecule has 102 valence electrons. The summed E-state index contributed by atoms with van der Waals surface area (Å²) in [6.07, 6.45) is 5.05. The molecule has 0 aliphatic heterocycles. The molecule has 0 heterocycles. The quantitative estimate of drug-likeness (QED) is 0.817. The molecule has 2 aliphatic carbocycles. The van der Waals surface area contributed by atoms with E-state index >= 15 is 0 Å². The van der Waals surface area contributed by atoms with Gasteiger partial charge in [-0.2, -0.15) is 0 Å². The average molecular weight is 278 g/mol. The lowest BCUT2D eigenvalue weighted by atomic mass is 10.0. The Morgan fingerprint density at radius 1 is 1.26 bits per heavy atom. The van der Waals surface area contributed by atoms with Crippen molar-refractivity contribution >= 4 is 23.2 Å². The van der Waals surface area contributed by atoms with Crippen LogP contribution >= 0.6 is 11.6 Å². The third-order valence-corrected chi connectivity index (χ3v) is 4.84. The van der Waals surface area contributed by atoms with Crippen LogP contribution < -0.4 is 5.32 Å². The molecule has 0 bridgehead atoms. The minimum Gasteiger partial charge on any atom is -0.326 e. The Kier molecular flexibility index (Phi) is 3.53. The van der Waals surface area contributed by atoms with Gasteiger partial charge in [-0.1, -0.05) is 31.0 Å². The number of halogens is 1.